The van der Waals surface area contributed by atoms with Crippen LogP contribution in [0.2, 0.25) is 0 Å². The Balaban J connectivity index is 0.00000392. The molecule has 1 aromatic carbocycles. The number of nitrogens with zero attached hydrogens (tertiary/aromatic N) is 2. The van der Waals surface area contributed by atoms with Crippen LogP contribution in [-0.4, -0.2) is 69.3 Å². The van der Waals surface area contributed by atoms with Crippen LogP contribution in [0.3, 0.4) is 0 Å². The highest BCUT2D eigenvalue weighted by atomic mass is 127. The molecular formula is C19H30FIN4O3. The Labute approximate surface area is 183 Å². The highest BCUT2D eigenvalue weighted by Gasteiger charge is 2.16. The molecule has 2 unspecified atom stereocenters. The molecule has 1 aliphatic heterocycles. The second kappa shape index (κ2) is 12.8. The first-order valence-electron chi connectivity index (χ1n) is 9.21. The average molecular weight is 508 g/mol. The molecule has 0 aliphatic carbocycles. The van der Waals surface area contributed by atoms with Crippen LogP contribution in [0.25, 0.3) is 0 Å². The van der Waals surface area contributed by atoms with Crippen LogP contribution in [0.1, 0.15) is 19.8 Å². The molecular weight excluding hydrogens is 478 g/mol. The van der Waals surface area contributed by atoms with Gasteiger partial charge in [-0.15, -0.1) is 24.0 Å². The van der Waals surface area contributed by atoms with E-state index in [2.05, 4.69) is 15.6 Å². The number of carbonyl (C=O) groups excluding carboxylic acids is 1. The predicted octanol–water partition coefficient (Wildman–Crippen LogP) is 2.01. The number of likely N-dealkylation sites (N-methyl/N-ethyl adjacent to an activating group) is 1. The lowest BCUT2D eigenvalue weighted by Crippen LogP contribution is -2.45. The monoisotopic (exact) mass is 508 g/mol. The normalized spacial score (nSPS) is 17.4. The third-order valence-corrected chi connectivity index (χ3v) is 4.11. The van der Waals surface area contributed by atoms with Gasteiger partial charge in [-0.3, -0.25) is 4.79 Å². The third kappa shape index (κ3) is 8.59. The van der Waals surface area contributed by atoms with Crippen LogP contribution >= 0.6 is 24.0 Å². The second-order valence-corrected chi connectivity index (χ2v) is 6.71. The van der Waals surface area contributed by atoms with Crippen molar-refractivity contribution in [3.63, 3.8) is 0 Å². The Morgan fingerprint density at radius 2 is 2.14 bits per heavy atom. The summed E-state index contributed by atoms with van der Waals surface area (Å²) in [7, 11) is 3.38. The number of para-hydroxylation sites is 1. The maximum absolute atomic E-state index is 13.7. The molecule has 1 amide bonds. The zero-order chi connectivity index (χ0) is 19.6. The van der Waals surface area contributed by atoms with E-state index in [0.717, 1.165) is 19.4 Å². The minimum Gasteiger partial charge on any atom is -0.486 e. The molecule has 1 fully saturated rings. The van der Waals surface area contributed by atoms with E-state index in [4.69, 9.17) is 9.47 Å². The minimum absolute atomic E-state index is 0. The van der Waals surface area contributed by atoms with Crippen molar-refractivity contribution in [2.45, 2.75) is 32.0 Å². The van der Waals surface area contributed by atoms with Crippen molar-refractivity contribution in [3.8, 4) is 5.75 Å². The molecule has 2 N–H and O–H groups in total. The fourth-order valence-electron chi connectivity index (χ4n) is 2.52. The zero-order valence-electron chi connectivity index (χ0n) is 16.6. The van der Waals surface area contributed by atoms with E-state index >= 15 is 0 Å². The lowest BCUT2D eigenvalue weighted by atomic mass is 10.2. The average Bonchev–Trinajstić information content (AvgIpc) is 3.16. The molecule has 1 saturated heterocycles. The lowest BCUT2D eigenvalue weighted by molar-refractivity contribution is -0.127. The summed E-state index contributed by atoms with van der Waals surface area (Å²) in [6, 6.07) is 6.29. The number of halogens is 2. The van der Waals surface area contributed by atoms with Gasteiger partial charge in [-0.25, -0.2) is 9.38 Å². The van der Waals surface area contributed by atoms with Gasteiger partial charge in [0.15, 0.2) is 17.5 Å². The van der Waals surface area contributed by atoms with Gasteiger partial charge in [0, 0.05) is 27.2 Å². The molecule has 0 saturated carbocycles. The predicted molar refractivity (Wildman–Crippen MR) is 118 cm³/mol. The Morgan fingerprint density at radius 1 is 1.39 bits per heavy atom. The molecule has 2 rings (SSSR count). The largest absolute Gasteiger partial charge is 0.486 e. The van der Waals surface area contributed by atoms with Gasteiger partial charge in [0.2, 0.25) is 5.91 Å². The lowest BCUT2D eigenvalue weighted by Gasteiger charge is -2.19. The van der Waals surface area contributed by atoms with Crippen molar-refractivity contribution in [1.82, 2.24) is 15.5 Å². The number of guanidine groups is 1. The van der Waals surface area contributed by atoms with Crippen LogP contribution in [0.15, 0.2) is 29.3 Å². The number of hydrogen-bond acceptors (Lipinski definition) is 4. The Morgan fingerprint density at radius 3 is 2.79 bits per heavy atom. The second-order valence-electron chi connectivity index (χ2n) is 6.71. The van der Waals surface area contributed by atoms with E-state index in [-0.39, 0.29) is 54.4 Å². The first-order valence-corrected chi connectivity index (χ1v) is 9.21. The van der Waals surface area contributed by atoms with Gasteiger partial charge in [0.05, 0.1) is 12.6 Å². The summed E-state index contributed by atoms with van der Waals surface area (Å²) in [5.41, 5.74) is 0. The maximum atomic E-state index is 13.7. The summed E-state index contributed by atoms with van der Waals surface area (Å²) in [5, 5.41) is 6.34. The van der Waals surface area contributed by atoms with Crippen molar-refractivity contribution in [3.05, 3.63) is 30.1 Å². The molecule has 158 valence electrons. The van der Waals surface area contributed by atoms with Gasteiger partial charge in [0.1, 0.15) is 12.6 Å². The van der Waals surface area contributed by atoms with E-state index in [1.807, 2.05) is 6.92 Å². The van der Waals surface area contributed by atoms with Crippen molar-refractivity contribution < 1.29 is 18.7 Å². The number of rotatable bonds is 8. The summed E-state index contributed by atoms with van der Waals surface area (Å²) in [4.78, 5) is 17.6. The molecule has 1 heterocycles. The van der Waals surface area contributed by atoms with Gasteiger partial charge in [0.25, 0.3) is 0 Å². The van der Waals surface area contributed by atoms with Crippen LogP contribution in [0.4, 0.5) is 4.39 Å². The third-order valence-electron chi connectivity index (χ3n) is 4.11. The summed E-state index contributed by atoms with van der Waals surface area (Å²) in [6.07, 6.45) is 1.91. The van der Waals surface area contributed by atoms with E-state index < -0.39 is 5.82 Å². The highest BCUT2D eigenvalue weighted by molar-refractivity contribution is 14.0. The Kier molecular flexibility index (Phi) is 11.1. The van der Waals surface area contributed by atoms with Crippen molar-refractivity contribution in [1.29, 1.82) is 0 Å². The number of ether oxygens (including phenoxy) is 2. The van der Waals surface area contributed by atoms with Crippen molar-refractivity contribution in [2.75, 3.05) is 40.3 Å². The quantitative estimate of drug-likeness (QED) is 0.320. The molecule has 2 atom stereocenters. The van der Waals surface area contributed by atoms with Crippen LogP contribution in [0.5, 0.6) is 5.75 Å². The first kappa shape index (κ1) is 24.4. The van der Waals surface area contributed by atoms with Crippen LogP contribution in [0, 0.1) is 5.82 Å². The summed E-state index contributed by atoms with van der Waals surface area (Å²) in [5.74, 6) is 0.222. The minimum atomic E-state index is -0.397. The van der Waals surface area contributed by atoms with Crippen LogP contribution < -0.4 is 15.4 Å². The molecule has 0 bridgehead atoms. The fraction of sp³-hybridized carbons (Fsp3) is 0.579. The summed E-state index contributed by atoms with van der Waals surface area (Å²) < 4.78 is 24.9. The summed E-state index contributed by atoms with van der Waals surface area (Å²) >= 11 is 0. The molecule has 1 aromatic rings. The first-order chi connectivity index (χ1) is 13.0. The van der Waals surface area contributed by atoms with Crippen molar-refractivity contribution >= 4 is 35.8 Å². The van der Waals surface area contributed by atoms with Gasteiger partial charge in [-0.2, -0.15) is 0 Å². The summed E-state index contributed by atoms with van der Waals surface area (Å²) in [6.45, 7) is 3.67. The van der Waals surface area contributed by atoms with Crippen molar-refractivity contribution in [2.24, 2.45) is 4.99 Å². The molecule has 0 spiro atoms. The van der Waals surface area contributed by atoms with Gasteiger partial charge < -0.3 is 25.0 Å². The number of amides is 1. The molecule has 7 nitrogen and oxygen atoms in total. The van der Waals surface area contributed by atoms with Gasteiger partial charge in [-0.05, 0) is 31.9 Å². The number of aliphatic imine (C=N–C) groups is 1. The highest BCUT2D eigenvalue weighted by Crippen LogP contribution is 2.16. The molecule has 28 heavy (non-hydrogen) atoms. The Bertz CT molecular complexity index is 639. The number of benzene rings is 1. The van der Waals surface area contributed by atoms with Gasteiger partial charge >= 0.3 is 0 Å². The van der Waals surface area contributed by atoms with E-state index in [0.29, 0.717) is 19.0 Å². The smallest absolute Gasteiger partial charge is 0.243 e. The molecule has 9 heteroatoms. The fourth-order valence-corrected chi connectivity index (χ4v) is 2.52. The van der Waals surface area contributed by atoms with E-state index in [1.54, 1.807) is 32.3 Å². The van der Waals surface area contributed by atoms with Crippen LogP contribution in [-0.2, 0) is 9.53 Å². The standard InChI is InChI=1S/C19H29FN4O3.HI/c1-14(27-17-9-5-4-8-16(17)20)11-21-19(23-13-18(25)24(2)3)22-12-15-7-6-10-26-15;/h4-5,8-9,14-15H,6-7,10-13H2,1-3H3,(H2,21,22,23);1H. The SMILES string of the molecule is CC(CNC(=NCC(=O)N(C)C)NCC1CCCO1)Oc1ccccc1F.I. The number of carbonyl (C=O) groups is 1. The number of nitrogens with one attached hydrogen (secondary N) is 2. The maximum Gasteiger partial charge on any atom is 0.243 e. The van der Waals surface area contributed by atoms with E-state index in [9.17, 15) is 9.18 Å². The topological polar surface area (TPSA) is 75.2 Å². The molecule has 0 aromatic heterocycles. The molecule has 0 radical (unpaired) electrons. The number of hydrogen-bond donors (Lipinski definition) is 2. The zero-order valence-corrected chi connectivity index (χ0v) is 18.9. The Hall–Kier alpha value is -1.62. The van der Waals surface area contributed by atoms with Gasteiger partial charge in [-0.1, -0.05) is 12.1 Å². The molecule has 1 aliphatic rings. The van der Waals surface area contributed by atoms with E-state index in [1.165, 1.54) is 11.0 Å².